The second-order valence-electron chi connectivity index (χ2n) is 5.47. The highest BCUT2D eigenvalue weighted by atomic mass is 16.5. The van der Waals surface area contributed by atoms with Crippen molar-refractivity contribution in [3.8, 4) is 0 Å². The van der Waals surface area contributed by atoms with Gasteiger partial charge in [0.2, 0.25) is 0 Å². The minimum atomic E-state index is -0.139. The highest BCUT2D eigenvalue weighted by Gasteiger charge is 2.44. The molecular formula is C16H20O3. The summed E-state index contributed by atoms with van der Waals surface area (Å²) >= 11 is 0. The van der Waals surface area contributed by atoms with Crippen LogP contribution in [0.25, 0.3) is 0 Å². The molecule has 1 aromatic carbocycles. The molecule has 1 aliphatic carbocycles. The van der Waals surface area contributed by atoms with E-state index in [1.54, 1.807) is 0 Å². The number of benzene rings is 1. The van der Waals surface area contributed by atoms with Crippen molar-refractivity contribution in [3.63, 3.8) is 0 Å². The minimum Gasteiger partial charge on any atom is -0.466 e. The first-order chi connectivity index (χ1) is 9.25. The SMILES string of the molecule is CCOC(=O)C1CCC2(CC1)OCc1ccccc12. The van der Waals surface area contributed by atoms with E-state index in [1.165, 1.54) is 11.1 Å². The molecule has 1 saturated carbocycles. The van der Waals surface area contributed by atoms with Crippen LogP contribution in [0.3, 0.4) is 0 Å². The number of ether oxygens (including phenoxy) is 2. The van der Waals surface area contributed by atoms with Crippen LogP contribution in [0, 0.1) is 5.92 Å². The Kier molecular flexibility index (Phi) is 3.31. The number of hydrogen-bond acceptors (Lipinski definition) is 3. The van der Waals surface area contributed by atoms with Crippen LogP contribution in [0.4, 0.5) is 0 Å². The van der Waals surface area contributed by atoms with Crippen LogP contribution in [0.5, 0.6) is 0 Å². The van der Waals surface area contributed by atoms with Gasteiger partial charge in [0.1, 0.15) is 0 Å². The van der Waals surface area contributed by atoms with Gasteiger partial charge < -0.3 is 9.47 Å². The molecule has 1 heterocycles. The van der Waals surface area contributed by atoms with Crippen LogP contribution in [0.1, 0.15) is 43.7 Å². The number of hydrogen-bond donors (Lipinski definition) is 0. The van der Waals surface area contributed by atoms with Crippen LogP contribution >= 0.6 is 0 Å². The van der Waals surface area contributed by atoms with E-state index in [2.05, 4.69) is 24.3 Å². The number of carbonyl (C=O) groups excluding carboxylic acids is 1. The Morgan fingerprint density at radius 1 is 1.37 bits per heavy atom. The van der Waals surface area contributed by atoms with Gasteiger partial charge in [0.05, 0.1) is 24.7 Å². The van der Waals surface area contributed by atoms with Gasteiger partial charge in [-0.3, -0.25) is 4.79 Å². The van der Waals surface area contributed by atoms with Gasteiger partial charge >= 0.3 is 5.97 Å². The van der Waals surface area contributed by atoms with Gasteiger partial charge in [-0.05, 0) is 43.7 Å². The van der Waals surface area contributed by atoms with Crippen molar-refractivity contribution in [1.82, 2.24) is 0 Å². The monoisotopic (exact) mass is 260 g/mol. The number of fused-ring (bicyclic) bond motifs is 2. The van der Waals surface area contributed by atoms with Crippen molar-refractivity contribution in [3.05, 3.63) is 35.4 Å². The predicted molar refractivity (Wildman–Crippen MR) is 71.5 cm³/mol. The number of esters is 1. The molecule has 0 unspecified atom stereocenters. The summed E-state index contributed by atoms with van der Waals surface area (Å²) in [6.45, 7) is 3.04. The van der Waals surface area contributed by atoms with Crippen LogP contribution in [0.2, 0.25) is 0 Å². The third kappa shape index (κ3) is 2.16. The van der Waals surface area contributed by atoms with E-state index in [4.69, 9.17) is 9.47 Å². The van der Waals surface area contributed by atoms with Gasteiger partial charge in [-0.1, -0.05) is 24.3 Å². The van der Waals surface area contributed by atoms with Gasteiger partial charge in [0.15, 0.2) is 0 Å². The van der Waals surface area contributed by atoms with Crippen molar-refractivity contribution in [1.29, 1.82) is 0 Å². The zero-order chi connectivity index (χ0) is 13.3. The molecule has 102 valence electrons. The quantitative estimate of drug-likeness (QED) is 0.766. The van der Waals surface area contributed by atoms with Crippen molar-refractivity contribution in [2.45, 2.75) is 44.8 Å². The van der Waals surface area contributed by atoms with Gasteiger partial charge in [-0.2, -0.15) is 0 Å². The average molecular weight is 260 g/mol. The molecule has 1 aliphatic heterocycles. The summed E-state index contributed by atoms with van der Waals surface area (Å²) in [6, 6.07) is 8.45. The van der Waals surface area contributed by atoms with Crippen LogP contribution < -0.4 is 0 Å². The van der Waals surface area contributed by atoms with E-state index in [-0.39, 0.29) is 17.5 Å². The Balaban J connectivity index is 1.72. The summed E-state index contributed by atoms with van der Waals surface area (Å²) in [5, 5.41) is 0. The van der Waals surface area contributed by atoms with Crippen molar-refractivity contribution < 1.29 is 14.3 Å². The number of rotatable bonds is 2. The van der Waals surface area contributed by atoms with Gasteiger partial charge in [0, 0.05) is 0 Å². The van der Waals surface area contributed by atoms with E-state index >= 15 is 0 Å². The maximum atomic E-state index is 11.8. The molecule has 0 saturated heterocycles. The Bertz CT molecular complexity index is 473. The maximum absolute atomic E-state index is 11.8. The first kappa shape index (κ1) is 12.7. The molecule has 2 aliphatic rings. The van der Waals surface area contributed by atoms with Crippen molar-refractivity contribution in [2.24, 2.45) is 5.92 Å². The maximum Gasteiger partial charge on any atom is 0.308 e. The molecule has 3 heteroatoms. The lowest BCUT2D eigenvalue weighted by Gasteiger charge is -2.36. The van der Waals surface area contributed by atoms with E-state index < -0.39 is 0 Å². The second kappa shape index (κ2) is 4.97. The summed E-state index contributed by atoms with van der Waals surface area (Å²) in [7, 11) is 0. The fourth-order valence-electron chi connectivity index (χ4n) is 3.38. The highest BCUT2D eigenvalue weighted by molar-refractivity contribution is 5.72. The van der Waals surface area contributed by atoms with E-state index in [9.17, 15) is 4.79 Å². The molecule has 0 amide bonds. The molecular weight excluding hydrogens is 240 g/mol. The fraction of sp³-hybridized carbons (Fsp3) is 0.562. The van der Waals surface area contributed by atoms with Crippen molar-refractivity contribution in [2.75, 3.05) is 6.61 Å². The topological polar surface area (TPSA) is 35.5 Å². The third-order valence-electron chi connectivity index (χ3n) is 4.43. The molecule has 1 fully saturated rings. The average Bonchev–Trinajstić information content (AvgIpc) is 2.80. The highest BCUT2D eigenvalue weighted by Crippen LogP contribution is 2.48. The molecule has 0 atom stereocenters. The molecule has 1 aromatic rings. The molecule has 0 N–H and O–H groups in total. The molecule has 1 spiro atoms. The van der Waals surface area contributed by atoms with Gasteiger partial charge in [0.25, 0.3) is 0 Å². The Labute approximate surface area is 113 Å². The van der Waals surface area contributed by atoms with Gasteiger partial charge in [-0.15, -0.1) is 0 Å². The summed E-state index contributed by atoms with van der Waals surface area (Å²) in [5.41, 5.74) is 2.49. The van der Waals surface area contributed by atoms with Crippen molar-refractivity contribution >= 4 is 5.97 Å². The standard InChI is InChI=1S/C16H20O3/c1-2-18-15(17)12-7-9-16(10-8-12)14-6-4-3-5-13(14)11-19-16/h3-6,12H,2,7-11H2,1H3. The smallest absolute Gasteiger partial charge is 0.308 e. The first-order valence-electron chi connectivity index (χ1n) is 7.14. The van der Waals surface area contributed by atoms with Crippen LogP contribution in [-0.2, 0) is 26.5 Å². The fourth-order valence-corrected chi connectivity index (χ4v) is 3.38. The minimum absolute atomic E-state index is 0.0383. The summed E-state index contributed by atoms with van der Waals surface area (Å²) in [4.78, 5) is 11.8. The Hall–Kier alpha value is -1.35. The molecule has 3 nitrogen and oxygen atoms in total. The van der Waals surface area contributed by atoms with E-state index in [1.807, 2.05) is 6.92 Å². The second-order valence-corrected chi connectivity index (χ2v) is 5.47. The number of carbonyl (C=O) groups is 1. The molecule has 19 heavy (non-hydrogen) atoms. The molecule has 0 radical (unpaired) electrons. The van der Waals surface area contributed by atoms with Crippen LogP contribution in [0.15, 0.2) is 24.3 Å². The lowest BCUT2D eigenvalue weighted by Crippen LogP contribution is -2.34. The van der Waals surface area contributed by atoms with E-state index in [0.29, 0.717) is 13.2 Å². The predicted octanol–water partition coefficient (Wildman–Crippen LogP) is 3.17. The first-order valence-corrected chi connectivity index (χ1v) is 7.14. The summed E-state index contributed by atoms with van der Waals surface area (Å²) < 4.78 is 11.2. The normalized spacial score (nSPS) is 29.2. The summed E-state index contributed by atoms with van der Waals surface area (Å²) in [5.74, 6) is 0.0190. The van der Waals surface area contributed by atoms with Crippen LogP contribution in [-0.4, -0.2) is 12.6 Å². The molecule has 3 rings (SSSR count). The largest absolute Gasteiger partial charge is 0.466 e. The summed E-state index contributed by atoms with van der Waals surface area (Å²) in [6.07, 6.45) is 3.58. The lowest BCUT2D eigenvalue weighted by atomic mass is 9.75. The van der Waals surface area contributed by atoms with E-state index in [0.717, 1.165) is 25.7 Å². The Morgan fingerprint density at radius 3 is 2.84 bits per heavy atom. The third-order valence-corrected chi connectivity index (χ3v) is 4.43. The Morgan fingerprint density at radius 2 is 2.11 bits per heavy atom. The van der Waals surface area contributed by atoms with Gasteiger partial charge in [-0.25, -0.2) is 0 Å². The molecule has 0 aromatic heterocycles. The molecule has 0 bridgehead atoms. The lowest BCUT2D eigenvalue weighted by molar-refractivity contribution is -0.152. The zero-order valence-electron chi connectivity index (χ0n) is 11.4. The zero-order valence-corrected chi connectivity index (χ0v) is 11.4.